The lowest BCUT2D eigenvalue weighted by molar-refractivity contribution is 0.102. The van der Waals surface area contributed by atoms with Crippen LogP contribution in [-0.2, 0) is 17.1 Å². The van der Waals surface area contributed by atoms with Crippen LogP contribution >= 0.6 is 0 Å². The molecule has 1 unspecified atom stereocenters. The summed E-state index contributed by atoms with van der Waals surface area (Å²) in [6, 6.07) is 10.2. The first-order valence-corrected chi connectivity index (χ1v) is 12.5. The maximum absolute atomic E-state index is 13.4. The maximum atomic E-state index is 13.4. The number of aryl methyl sites for hydroxylation is 1. The van der Waals surface area contributed by atoms with Crippen LogP contribution < -0.4 is 5.32 Å². The van der Waals surface area contributed by atoms with Crippen molar-refractivity contribution in [2.75, 3.05) is 18.4 Å². The van der Waals surface area contributed by atoms with Crippen LogP contribution in [0.4, 0.5) is 14.5 Å². The summed E-state index contributed by atoms with van der Waals surface area (Å²) in [6.45, 7) is 0.778. The van der Waals surface area contributed by atoms with Crippen molar-refractivity contribution in [1.82, 2.24) is 18.8 Å². The third-order valence-electron chi connectivity index (χ3n) is 6.15. The molecule has 1 atom stereocenters. The van der Waals surface area contributed by atoms with E-state index in [1.165, 1.54) is 16.8 Å². The second kappa shape index (κ2) is 8.90. The number of aromatic amines is 1. The van der Waals surface area contributed by atoms with Gasteiger partial charge in [-0.15, -0.1) is 0 Å². The summed E-state index contributed by atoms with van der Waals surface area (Å²) >= 11 is 0. The molecule has 11 heteroatoms. The third-order valence-corrected chi connectivity index (χ3v) is 7.90. The molecule has 1 aliphatic rings. The Morgan fingerprint density at radius 3 is 2.63 bits per heavy atom. The molecule has 35 heavy (non-hydrogen) atoms. The Morgan fingerprint density at radius 1 is 1.14 bits per heavy atom. The van der Waals surface area contributed by atoms with Gasteiger partial charge in [0.2, 0.25) is 0 Å². The van der Waals surface area contributed by atoms with Crippen LogP contribution in [0, 0.1) is 11.6 Å². The Bertz CT molecular complexity index is 1510. The fourth-order valence-electron chi connectivity index (χ4n) is 4.44. The molecule has 5 rings (SSSR count). The minimum absolute atomic E-state index is 0.00548. The molecule has 1 fully saturated rings. The number of piperidine rings is 1. The lowest BCUT2D eigenvalue weighted by Crippen LogP contribution is -2.39. The molecule has 2 aromatic heterocycles. The van der Waals surface area contributed by atoms with Gasteiger partial charge in [0.25, 0.3) is 15.9 Å². The van der Waals surface area contributed by atoms with Gasteiger partial charge in [0.1, 0.15) is 17.3 Å². The average Bonchev–Trinajstić information content (AvgIpc) is 3.44. The molecule has 2 aromatic carbocycles. The number of nitrogens with one attached hydrogen (secondary N) is 2. The van der Waals surface area contributed by atoms with Crippen molar-refractivity contribution < 1.29 is 22.0 Å². The quantitative estimate of drug-likeness (QED) is 0.434. The summed E-state index contributed by atoms with van der Waals surface area (Å²) in [5, 5.41) is 3.31. The number of carbonyl (C=O) groups is 1. The number of imidazole rings is 1. The molecule has 1 aliphatic heterocycles. The summed E-state index contributed by atoms with van der Waals surface area (Å²) in [5.74, 6) is -2.10. The number of carbonyl (C=O) groups excluding carboxylic acids is 1. The van der Waals surface area contributed by atoms with Gasteiger partial charge in [-0.2, -0.15) is 4.31 Å². The number of hydrogen-bond donors (Lipinski definition) is 2. The standard InChI is InChI=1S/C24H23F2N5O3S/c1-30-13-23(27-14-30)35(33,34)31-6-2-3-16(12-31)15-4-5-21-17(7-15)8-22(29-21)24(32)28-20-10-18(25)9-19(26)11-20/h4-5,7-11,13-14,16,29H,2-3,6,12H2,1H3,(H,28,32). The van der Waals surface area contributed by atoms with Crippen molar-refractivity contribution in [3.63, 3.8) is 0 Å². The fraction of sp³-hybridized carbons (Fsp3) is 0.250. The topological polar surface area (TPSA) is 100 Å². The summed E-state index contributed by atoms with van der Waals surface area (Å²) in [4.78, 5) is 19.6. The van der Waals surface area contributed by atoms with E-state index in [2.05, 4.69) is 15.3 Å². The predicted octanol–water partition coefficient (Wildman–Crippen LogP) is 4.00. The monoisotopic (exact) mass is 499 g/mol. The van der Waals surface area contributed by atoms with Gasteiger partial charge in [0.05, 0.1) is 6.33 Å². The summed E-state index contributed by atoms with van der Waals surface area (Å²) in [5.41, 5.74) is 1.95. The molecular weight excluding hydrogens is 476 g/mol. The normalized spacial score (nSPS) is 17.1. The molecule has 0 saturated carbocycles. The van der Waals surface area contributed by atoms with Gasteiger partial charge in [-0.05, 0) is 54.7 Å². The highest BCUT2D eigenvalue weighted by atomic mass is 32.2. The van der Waals surface area contributed by atoms with Gasteiger partial charge in [0, 0.05) is 49.0 Å². The largest absolute Gasteiger partial charge is 0.351 e. The minimum Gasteiger partial charge on any atom is -0.351 e. The van der Waals surface area contributed by atoms with Crippen molar-refractivity contribution in [2.45, 2.75) is 23.8 Å². The van der Waals surface area contributed by atoms with E-state index in [9.17, 15) is 22.0 Å². The van der Waals surface area contributed by atoms with Crippen molar-refractivity contribution >= 4 is 32.5 Å². The number of anilines is 1. The molecular formula is C24H23F2N5O3S. The molecule has 3 heterocycles. The maximum Gasteiger partial charge on any atom is 0.272 e. The Balaban J connectivity index is 1.35. The van der Waals surface area contributed by atoms with E-state index in [1.54, 1.807) is 17.7 Å². The number of hydrogen-bond acceptors (Lipinski definition) is 4. The zero-order valence-electron chi connectivity index (χ0n) is 18.8. The first-order valence-electron chi connectivity index (χ1n) is 11.1. The molecule has 8 nitrogen and oxygen atoms in total. The van der Waals surface area contributed by atoms with Crippen molar-refractivity contribution in [2.24, 2.45) is 7.05 Å². The number of nitrogens with zero attached hydrogens (tertiary/aromatic N) is 3. The number of H-pyrrole nitrogens is 1. The minimum atomic E-state index is -3.68. The highest BCUT2D eigenvalue weighted by Gasteiger charge is 2.32. The third kappa shape index (κ3) is 4.69. The molecule has 182 valence electrons. The highest BCUT2D eigenvalue weighted by Crippen LogP contribution is 2.32. The van der Waals surface area contributed by atoms with E-state index >= 15 is 0 Å². The van der Waals surface area contributed by atoms with E-state index < -0.39 is 27.6 Å². The SMILES string of the molecule is Cn1cnc(S(=O)(=O)N2CCCC(c3ccc4[nH]c(C(=O)Nc5cc(F)cc(F)c5)cc4c3)C2)c1. The molecule has 4 aromatic rings. The van der Waals surface area contributed by atoms with Crippen molar-refractivity contribution in [1.29, 1.82) is 0 Å². The van der Waals surface area contributed by atoms with Crippen LogP contribution in [0.1, 0.15) is 34.8 Å². The number of aromatic nitrogens is 3. The van der Waals surface area contributed by atoms with Crippen LogP contribution in [0.25, 0.3) is 10.9 Å². The number of sulfonamides is 1. The van der Waals surface area contributed by atoms with E-state index in [1.807, 2.05) is 18.2 Å². The molecule has 0 aliphatic carbocycles. The highest BCUT2D eigenvalue weighted by molar-refractivity contribution is 7.89. The lowest BCUT2D eigenvalue weighted by atomic mass is 9.91. The molecule has 1 amide bonds. The van der Waals surface area contributed by atoms with Gasteiger partial charge in [-0.3, -0.25) is 4.79 Å². The zero-order chi connectivity index (χ0) is 24.7. The van der Waals surface area contributed by atoms with Crippen LogP contribution in [0.15, 0.2) is 60.0 Å². The van der Waals surface area contributed by atoms with Gasteiger partial charge in [-0.1, -0.05) is 6.07 Å². The summed E-state index contributed by atoms with van der Waals surface area (Å²) in [6.07, 6.45) is 4.52. The van der Waals surface area contributed by atoms with Gasteiger partial charge >= 0.3 is 0 Å². The average molecular weight is 500 g/mol. The van der Waals surface area contributed by atoms with E-state index in [0.29, 0.717) is 13.1 Å². The van der Waals surface area contributed by atoms with E-state index in [4.69, 9.17) is 0 Å². The van der Waals surface area contributed by atoms with Crippen LogP contribution in [0.3, 0.4) is 0 Å². The Kier molecular flexibility index (Phi) is 5.89. The lowest BCUT2D eigenvalue weighted by Gasteiger charge is -2.31. The molecule has 1 saturated heterocycles. The predicted molar refractivity (Wildman–Crippen MR) is 127 cm³/mol. The van der Waals surface area contributed by atoms with Crippen LogP contribution in [-0.4, -0.2) is 46.3 Å². The number of halogens is 2. The first-order chi connectivity index (χ1) is 16.7. The van der Waals surface area contributed by atoms with Crippen molar-refractivity contribution in [3.8, 4) is 0 Å². The zero-order valence-corrected chi connectivity index (χ0v) is 19.6. The molecule has 2 N–H and O–H groups in total. The molecule has 0 spiro atoms. The number of fused-ring (bicyclic) bond motifs is 1. The van der Waals surface area contributed by atoms with Crippen LogP contribution in [0.5, 0.6) is 0 Å². The Hall–Kier alpha value is -3.57. The fourth-order valence-corrected chi connectivity index (χ4v) is 5.93. The first kappa shape index (κ1) is 23.2. The molecule has 0 radical (unpaired) electrons. The molecule has 0 bridgehead atoms. The number of rotatable bonds is 5. The van der Waals surface area contributed by atoms with Gasteiger partial charge in [0.15, 0.2) is 5.03 Å². The second-order valence-electron chi connectivity index (χ2n) is 8.72. The second-order valence-corrected chi connectivity index (χ2v) is 10.6. The Morgan fingerprint density at radius 2 is 1.91 bits per heavy atom. The summed E-state index contributed by atoms with van der Waals surface area (Å²) in [7, 11) is -1.95. The number of benzene rings is 2. The summed E-state index contributed by atoms with van der Waals surface area (Å²) < 4.78 is 56.0. The smallest absolute Gasteiger partial charge is 0.272 e. The Labute approximate surface area is 200 Å². The van der Waals surface area contributed by atoms with E-state index in [0.717, 1.165) is 47.5 Å². The van der Waals surface area contributed by atoms with Crippen molar-refractivity contribution in [3.05, 3.63) is 77.9 Å². The van der Waals surface area contributed by atoms with E-state index in [-0.39, 0.29) is 22.3 Å². The number of amides is 1. The van der Waals surface area contributed by atoms with Crippen LogP contribution in [0.2, 0.25) is 0 Å². The van der Waals surface area contributed by atoms with Gasteiger partial charge < -0.3 is 14.9 Å². The van der Waals surface area contributed by atoms with Gasteiger partial charge in [-0.25, -0.2) is 22.2 Å².